The summed E-state index contributed by atoms with van der Waals surface area (Å²) < 4.78 is 42.5. The van der Waals surface area contributed by atoms with E-state index in [1.54, 1.807) is 36.8 Å². The lowest BCUT2D eigenvalue weighted by molar-refractivity contribution is -0.137. The molecule has 37 heavy (non-hydrogen) atoms. The molecule has 4 rings (SSSR count). The van der Waals surface area contributed by atoms with E-state index in [1.165, 1.54) is 17.1 Å². The van der Waals surface area contributed by atoms with Crippen molar-refractivity contribution < 1.29 is 18.0 Å². The molecule has 7 nitrogen and oxygen atoms in total. The number of nitrogens with zero attached hydrogens (tertiary/aromatic N) is 5. The van der Waals surface area contributed by atoms with Gasteiger partial charge in [-0.2, -0.15) is 13.2 Å². The van der Waals surface area contributed by atoms with Crippen LogP contribution in [0, 0.1) is 12.8 Å². The molecule has 2 heterocycles. The van der Waals surface area contributed by atoms with Gasteiger partial charge in [-0.05, 0) is 61.1 Å². The first-order chi connectivity index (χ1) is 17.5. The minimum absolute atomic E-state index is 0.0229. The summed E-state index contributed by atoms with van der Waals surface area (Å²) in [4.78, 5) is 21.0. The molecule has 4 aromatic rings. The van der Waals surface area contributed by atoms with E-state index in [-0.39, 0.29) is 22.2 Å². The quantitative estimate of drug-likeness (QED) is 0.294. The van der Waals surface area contributed by atoms with Crippen LogP contribution in [0.5, 0.6) is 0 Å². The molecule has 2 aromatic carbocycles. The van der Waals surface area contributed by atoms with E-state index in [4.69, 9.17) is 11.6 Å². The Kier molecular flexibility index (Phi) is 7.58. The lowest BCUT2D eigenvalue weighted by Crippen LogP contribution is -2.15. The number of alkyl halides is 3. The molecule has 192 valence electrons. The maximum Gasteiger partial charge on any atom is 0.417 e. The van der Waals surface area contributed by atoms with Crippen molar-refractivity contribution in [1.82, 2.24) is 25.0 Å². The predicted octanol–water partition coefficient (Wildman–Crippen LogP) is 6.55. The standard InChI is InChI=1S/C26H24ClF3N6O/c1-15(2)4-6-17-8-20(10-21(24(17)27)26(28,29)30)33-25(37)18-7-5-16(3)23(9-18)36-13-22(34-35-36)19-11-31-14-32-12-19/h5,7-15H,4,6H2,1-3H3,(H,33,37). The van der Waals surface area contributed by atoms with Gasteiger partial charge in [0.05, 0.1) is 22.5 Å². The van der Waals surface area contributed by atoms with E-state index >= 15 is 0 Å². The number of nitrogens with one attached hydrogen (secondary N) is 1. The summed E-state index contributed by atoms with van der Waals surface area (Å²) in [5.74, 6) is -0.287. The molecule has 1 N–H and O–H groups in total. The number of anilines is 1. The Morgan fingerprint density at radius 2 is 1.86 bits per heavy atom. The summed E-state index contributed by atoms with van der Waals surface area (Å²) in [6, 6.07) is 7.29. The summed E-state index contributed by atoms with van der Waals surface area (Å²) in [7, 11) is 0. The highest BCUT2D eigenvalue weighted by atomic mass is 35.5. The third-order valence-corrected chi connectivity index (χ3v) is 6.22. The molecular weight excluding hydrogens is 505 g/mol. The van der Waals surface area contributed by atoms with E-state index in [1.807, 2.05) is 20.8 Å². The number of carbonyl (C=O) groups excluding carboxylic acids is 1. The molecular formula is C26H24ClF3N6O. The summed E-state index contributed by atoms with van der Waals surface area (Å²) in [6.45, 7) is 5.80. The smallest absolute Gasteiger partial charge is 0.322 e. The molecule has 0 aliphatic heterocycles. The van der Waals surface area contributed by atoms with E-state index in [0.29, 0.717) is 35.3 Å². The molecule has 0 radical (unpaired) electrons. The summed E-state index contributed by atoms with van der Waals surface area (Å²) >= 11 is 6.10. The fourth-order valence-electron chi connectivity index (χ4n) is 3.74. The largest absolute Gasteiger partial charge is 0.417 e. The van der Waals surface area contributed by atoms with Gasteiger partial charge in [0.25, 0.3) is 5.91 Å². The molecule has 0 fully saturated rings. The first kappa shape index (κ1) is 26.3. The maximum atomic E-state index is 13.7. The number of rotatable bonds is 7. The molecule has 11 heteroatoms. The zero-order valence-corrected chi connectivity index (χ0v) is 21.1. The summed E-state index contributed by atoms with van der Waals surface area (Å²) in [5.41, 5.74) is 2.26. The first-order valence-electron chi connectivity index (χ1n) is 11.5. The molecule has 0 unspecified atom stereocenters. The number of aromatic nitrogens is 5. The number of hydrogen-bond acceptors (Lipinski definition) is 5. The number of halogens is 4. The summed E-state index contributed by atoms with van der Waals surface area (Å²) in [5, 5.41) is 10.5. The zero-order valence-electron chi connectivity index (χ0n) is 20.3. The van der Waals surface area contributed by atoms with Crippen LogP contribution in [0.1, 0.15) is 47.3 Å². The number of aryl methyl sites for hydroxylation is 2. The average Bonchev–Trinajstić information content (AvgIpc) is 3.34. The van der Waals surface area contributed by atoms with Gasteiger partial charge in [-0.1, -0.05) is 36.7 Å². The third kappa shape index (κ3) is 6.14. The van der Waals surface area contributed by atoms with Crippen LogP contribution in [0.25, 0.3) is 16.9 Å². The fourth-order valence-corrected chi connectivity index (χ4v) is 4.05. The Balaban J connectivity index is 1.63. The normalized spacial score (nSPS) is 11.7. The molecule has 0 bridgehead atoms. The average molecular weight is 529 g/mol. The fraction of sp³-hybridized carbons (Fsp3) is 0.269. The van der Waals surface area contributed by atoms with Gasteiger partial charge in [0, 0.05) is 29.2 Å². The van der Waals surface area contributed by atoms with Crippen molar-refractivity contribution in [3.63, 3.8) is 0 Å². The highest BCUT2D eigenvalue weighted by molar-refractivity contribution is 6.32. The van der Waals surface area contributed by atoms with E-state index < -0.39 is 17.6 Å². The van der Waals surface area contributed by atoms with Gasteiger partial charge in [-0.15, -0.1) is 5.10 Å². The second kappa shape index (κ2) is 10.7. The van der Waals surface area contributed by atoms with Crippen molar-refractivity contribution in [2.75, 3.05) is 5.32 Å². The number of hydrogen-bond donors (Lipinski definition) is 1. The van der Waals surface area contributed by atoms with Crippen LogP contribution >= 0.6 is 11.6 Å². The van der Waals surface area contributed by atoms with Crippen LogP contribution in [-0.4, -0.2) is 30.9 Å². The van der Waals surface area contributed by atoms with Crippen LogP contribution in [0.2, 0.25) is 5.02 Å². The molecule has 1 amide bonds. The minimum atomic E-state index is -4.66. The lowest BCUT2D eigenvalue weighted by atomic mass is 9.99. The van der Waals surface area contributed by atoms with Crippen molar-refractivity contribution in [1.29, 1.82) is 0 Å². The highest BCUT2D eigenvalue weighted by Gasteiger charge is 2.34. The Hall–Kier alpha value is -3.79. The number of benzene rings is 2. The molecule has 0 saturated carbocycles. The predicted molar refractivity (Wildman–Crippen MR) is 135 cm³/mol. The van der Waals surface area contributed by atoms with Gasteiger partial charge in [-0.3, -0.25) is 4.79 Å². The Morgan fingerprint density at radius 3 is 2.54 bits per heavy atom. The van der Waals surface area contributed by atoms with Crippen LogP contribution in [0.15, 0.2) is 55.2 Å². The van der Waals surface area contributed by atoms with E-state index in [0.717, 1.165) is 11.6 Å². The van der Waals surface area contributed by atoms with Gasteiger partial charge >= 0.3 is 6.18 Å². The van der Waals surface area contributed by atoms with Crippen molar-refractivity contribution in [3.8, 4) is 16.9 Å². The highest BCUT2D eigenvalue weighted by Crippen LogP contribution is 2.39. The molecule has 0 aliphatic rings. The third-order valence-electron chi connectivity index (χ3n) is 5.77. The molecule has 0 aliphatic carbocycles. The molecule has 0 spiro atoms. The Bertz CT molecular complexity index is 1420. The van der Waals surface area contributed by atoms with Crippen LogP contribution < -0.4 is 5.32 Å². The topological polar surface area (TPSA) is 85.6 Å². The molecule has 0 saturated heterocycles. The summed E-state index contributed by atoms with van der Waals surface area (Å²) in [6.07, 6.45) is 2.66. The van der Waals surface area contributed by atoms with E-state index in [2.05, 4.69) is 25.6 Å². The van der Waals surface area contributed by atoms with Gasteiger partial charge < -0.3 is 5.32 Å². The maximum absolute atomic E-state index is 13.7. The number of amides is 1. The van der Waals surface area contributed by atoms with E-state index in [9.17, 15) is 18.0 Å². The van der Waals surface area contributed by atoms with Crippen LogP contribution in [0.4, 0.5) is 18.9 Å². The Morgan fingerprint density at radius 1 is 1.14 bits per heavy atom. The second-order valence-corrected chi connectivity index (χ2v) is 9.44. The van der Waals surface area contributed by atoms with Gasteiger partial charge in [0.2, 0.25) is 0 Å². The van der Waals surface area contributed by atoms with Crippen molar-refractivity contribution in [2.45, 2.75) is 39.8 Å². The van der Waals surface area contributed by atoms with Crippen molar-refractivity contribution in [2.24, 2.45) is 5.92 Å². The monoisotopic (exact) mass is 528 g/mol. The lowest BCUT2D eigenvalue weighted by Gasteiger charge is -2.17. The van der Waals surface area contributed by atoms with Crippen molar-refractivity contribution in [3.05, 3.63) is 82.5 Å². The van der Waals surface area contributed by atoms with Gasteiger partial charge in [-0.25, -0.2) is 14.6 Å². The molecule has 0 atom stereocenters. The van der Waals surface area contributed by atoms with Crippen LogP contribution in [0.3, 0.4) is 0 Å². The van der Waals surface area contributed by atoms with Crippen LogP contribution in [-0.2, 0) is 12.6 Å². The Labute approximate surface area is 216 Å². The minimum Gasteiger partial charge on any atom is -0.322 e. The molecule has 2 aromatic heterocycles. The zero-order chi connectivity index (χ0) is 26.7. The SMILES string of the molecule is Cc1ccc(C(=O)Nc2cc(CCC(C)C)c(Cl)c(C(F)(F)F)c2)cc1-n1cc(-c2cncnc2)nn1. The second-order valence-electron chi connectivity index (χ2n) is 9.06. The number of carbonyl (C=O) groups is 1. The van der Waals surface area contributed by atoms with Crippen molar-refractivity contribution >= 4 is 23.2 Å². The van der Waals surface area contributed by atoms with Gasteiger partial charge in [0.15, 0.2) is 0 Å². The first-order valence-corrected chi connectivity index (χ1v) is 11.9. The van der Waals surface area contributed by atoms with Gasteiger partial charge in [0.1, 0.15) is 12.0 Å².